The quantitative estimate of drug-likeness (QED) is 0.746. The Bertz CT molecular complexity index is 545. The summed E-state index contributed by atoms with van der Waals surface area (Å²) < 4.78 is 12.1. The highest BCUT2D eigenvalue weighted by atomic mass is 79.9. The minimum Gasteiger partial charge on any atom is -0.491 e. The van der Waals surface area contributed by atoms with E-state index in [2.05, 4.69) is 39.4 Å². The Labute approximate surface area is 128 Å². The number of fused-ring (bicyclic) bond motifs is 1. The topological polar surface area (TPSA) is 30.5 Å². The largest absolute Gasteiger partial charge is 0.491 e. The van der Waals surface area contributed by atoms with E-state index in [1.807, 2.05) is 25.1 Å². The van der Waals surface area contributed by atoms with Gasteiger partial charge in [-0.3, -0.25) is 0 Å². The molecule has 0 radical (unpaired) electrons. The lowest BCUT2D eigenvalue weighted by atomic mass is 10.1. The molecule has 20 heavy (non-hydrogen) atoms. The van der Waals surface area contributed by atoms with Crippen LogP contribution in [0.1, 0.15) is 6.92 Å². The Hall–Kier alpha value is -1.10. The van der Waals surface area contributed by atoms with Gasteiger partial charge in [-0.15, -0.1) is 0 Å². The average molecular weight is 338 g/mol. The van der Waals surface area contributed by atoms with Crippen LogP contribution in [0.5, 0.6) is 5.75 Å². The number of rotatable bonds is 8. The zero-order chi connectivity index (χ0) is 14.2. The molecule has 0 aliphatic carbocycles. The molecule has 0 spiro atoms. The van der Waals surface area contributed by atoms with Gasteiger partial charge < -0.3 is 14.8 Å². The van der Waals surface area contributed by atoms with Gasteiger partial charge in [-0.25, -0.2) is 0 Å². The van der Waals surface area contributed by atoms with Crippen molar-refractivity contribution < 1.29 is 9.47 Å². The predicted molar refractivity (Wildman–Crippen MR) is 86.5 cm³/mol. The summed E-state index contributed by atoms with van der Waals surface area (Å²) in [6, 6.07) is 12.3. The number of halogens is 1. The van der Waals surface area contributed by atoms with Gasteiger partial charge in [0.1, 0.15) is 12.4 Å². The van der Waals surface area contributed by atoms with Crippen LogP contribution in [0, 0.1) is 0 Å². The predicted octanol–water partition coefficient (Wildman–Crippen LogP) is 3.61. The van der Waals surface area contributed by atoms with Crippen LogP contribution < -0.4 is 10.1 Å². The molecule has 2 aromatic carbocycles. The molecule has 0 saturated carbocycles. The molecular weight excluding hydrogens is 318 g/mol. The lowest BCUT2D eigenvalue weighted by molar-refractivity contribution is 0.148. The van der Waals surface area contributed by atoms with Crippen molar-refractivity contribution in [3.05, 3.63) is 40.9 Å². The average Bonchev–Trinajstić information content (AvgIpc) is 2.49. The maximum Gasteiger partial charge on any atom is 0.134 e. The van der Waals surface area contributed by atoms with E-state index in [0.717, 1.165) is 36.5 Å². The molecular formula is C16H20BrNO2. The maximum atomic E-state index is 5.80. The van der Waals surface area contributed by atoms with Crippen molar-refractivity contribution in [1.29, 1.82) is 0 Å². The molecule has 1 N–H and O–H groups in total. The minimum absolute atomic E-state index is 0.642. The fraction of sp³-hybridized carbons (Fsp3) is 0.375. The van der Waals surface area contributed by atoms with Gasteiger partial charge in [-0.2, -0.15) is 0 Å². The van der Waals surface area contributed by atoms with Gasteiger partial charge in [0, 0.05) is 19.7 Å². The van der Waals surface area contributed by atoms with Gasteiger partial charge in [0.2, 0.25) is 0 Å². The lowest BCUT2D eigenvalue weighted by Crippen LogP contribution is -2.25. The summed E-state index contributed by atoms with van der Waals surface area (Å²) in [7, 11) is 0. The molecule has 3 nitrogen and oxygen atoms in total. The minimum atomic E-state index is 0.642. The van der Waals surface area contributed by atoms with E-state index in [0.29, 0.717) is 6.61 Å². The zero-order valence-electron chi connectivity index (χ0n) is 11.7. The second-order valence-corrected chi connectivity index (χ2v) is 5.19. The molecule has 0 unspecified atom stereocenters. The molecule has 0 aliphatic rings. The smallest absolute Gasteiger partial charge is 0.134 e. The van der Waals surface area contributed by atoms with Crippen molar-refractivity contribution in [2.45, 2.75) is 6.92 Å². The standard InChI is InChI=1S/C16H20BrNO2/c1-2-19-11-9-18-10-12-20-15-8-7-13-5-3-4-6-14(13)16(15)17/h3-8,18H,2,9-12H2,1H3. The highest BCUT2D eigenvalue weighted by Crippen LogP contribution is 2.32. The van der Waals surface area contributed by atoms with Crippen LogP contribution >= 0.6 is 15.9 Å². The third kappa shape index (κ3) is 4.20. The van der Waals surface area contributed by atoms with Crippen molar-refractivity contribution in [2.75, 3.05) is 32.9 Å². The number of hydrogen-bond donors (Lipinski definition) is 1. The Morgan fingerprint density at radius 3 is 2.70 bits per heavy atom. The van der Waals surface area contributed by atoms with E-state index in [9.17, 15) is 0 Å². The summed E-state index contributed by atoms with van der Waals surface area (Å²) in [5, 5.41) is 5.67. The van der Waals surface area contributed by atoms with Crippen LogP contribution in [-0.4, -0.2) is 32.9 Å². The van der Waals surface area contributed by atoms with Crippen molar-refractivity contribution in [3.8, 4) is 5.75 Å². The molecule has 0 fully saturated rings. The van der Waals surface area contributed by atoms with Crippen molar-refractivity contribution in [3.63, 3.8) is 0 Å². The SMILES string of the molecule is CCOCCNCCOc1ccc2ccccc2c1Br. The highest BCUT2D eigenvalue weighted by Gasteiger charge is 2.05. The second kappa shape index (κ2) is 8.25. The molecule has 0 amide bonds. The summed E-state index contributed by atoms with van der Waals surface area (Å²) >= 11 is 3.62. The Balaban J connectivity index is 1.83. The van der Waals surface area contributed by atoms with Gasteiger partial charge in [0.05, 0.1) is 11.1 Å². The molecule has 0 atom stereocenters. The van der Waals surface area contributed by atoms with Crippen LogP contribution in [0.3, 0.4) is 0 Å². The van der Waals surface area contributed by atoms with Gasteiger partial charge >= 0.3 is 0 Å². The van der Waals surface area contributed by atoms with Gasteiger partial charge in [0.25, 0.3) is 0 Å². The van der Waals surface area contributed by atoms with Gasteiger partial charge in [0.15, 0.2) is 0 Å². The number of nitrogens with one attached hydrogen (secondary N) is 1. The lowest BCUT2D eigenvalue weighted by Gasteiger charge is -2.11. The molecule has 2 rings (SSSR count). The molecule has 0 aliphatic heterocycles. The zero-order valence-corrected chi connectivity index (χ0v) is 13.3. The first-order valence-corrected chi connectivity index (χ1v) is 7.70. The van der Waals surface area contributed by atoms with Crippen molar-refractivity contribution >= 4 is 26.7 Å². The first-order valence-electron chi connectivity index (χ1n) is 6.91. The molecule has 0 aromatic heterocycles. The summed E-state index contributed by atoms with van der Waals surface area (Å²) in [6.07, 6.45) is 0. The molecule has 0 bridgehead atoms. The van der Waals surface area contributed by atoms with E-state index in [4.69, 9.17) is 9.47 Å². The Morgan fingerprint density at radius 1 is 1.05 bits per heavy atom. The first kappa shape index (κ1) is 15.3. The normalized spacial score (nSPS) is 10.9. The maximum absolute atomic E-state index is 5.80. The van der Waals surface area contributed by atoms with Crippen molar-refractivity contribution in [2.24, 2.45) is 0 Å². The van der Waals surface area contributed by atoms with Crippen LogP contribution in [0.2, 0.25) is 0 Å². The van der Waals surface area contributed by atoms with Gasteiger partial charge in [-0.05, 0) is 39.7 Å². The van der Waals surface area contributed by atoms with Crippen LogP contribution in [0.4, 0.5) is 0 Å². The summed E-state index contributed by atoms with van der Waals surface area (Å²) in [6.45, 7) is 5.82. The Kier molecular flexibility index (Phi) is 6.30. The summed E-state index contributed by atoms with van der Waals surface area (Å²) in [4.78, 5) is 0. The summed E-state index contributed by atoms with van der Waals surface area (Å²) in [5.74, 6) is 0.885. The fourth-order valence-corrected chi connectivity index (χ4v) is 2.58. The van der Waals surface area contributed by atoms with E-state index in [1.165, 1.54) is 10.8 Å². The van der Waals surface area contributed by atoms with Crippen molar-refractivity contribution in [1.82, 2.24) is 5.32 Å². The van der Waals surface area contributed by atoms with Crippen LogP contribution in [0.15, 0.2) is 40.9 Å². The van der Waals surface area contributed by atoms with Crippen LogP contribution in [-0.2, 0) is 4.74 Å². The van der Waals surface area contributed by atoms with E-state index in [1.54, 1.807) is 0 Å². The number of hydrogen-bond acceptors (Lipinski definition) is 3. The third-order valence-corrected chi connectivity index (χ3v) is 3.81. The molecule has 0 saturated heterocycles. The second-order valence-electron chi connectivity index (χ2n) is 4.39. The highest BCUT2D eigenvalue weighted by molar-refractivity contribution is 9.10. The molecule has 4 heteroatoms. The molecule has 2 aromatic rings. The van der Waals surface area contributed by atoms with E-state index < -0.39 is 0 Å². The molecule has 0 heterocycles. The fourth-order valence-electron chi connectivity index (χ4n) is 1.97. The van der Waals surface area contributed by atoms with Crippen LogP contribution in [0.25, 0.3) is 10.8 Å². The number of benzene rings is 2. The summed E-state index contributed by atoms with van der Waals surface area (Å²) in [5.41, 5.74) is 0. The Morgan fingerprint density at radius 2 is 1.85 bits per heavy atom. The number of ether oxygens (including phenoxy) is 2. The third-order valence-electron chi connectivity index (χ3n) is 2.99. The van der Waals surface area contributed by atoms with Gasteiger partial charge in [-0.1, -0.05) is 30.3 Å². The van der Waals surface area contributed by atoms with E-state index in [-0.39, 0.29) is 0 Å². The monoisotopic (exact) mass is 337 g/mol. The first-order chi connectivity index (χ1) is 9.83. The molecule has 108 valence electrons. The van der Waals surface area contributed by atoms with E-state index >= 15 is 0 Å².